The Hall–Kier alpha value is -2.17. The molecule has 2 aromatic heterocycles. The smallest absolute Gasteiger partial charge is 0.348 e. The minimum atomic E-state index is -0.417. The summed E-state index contributed by atoms with van der Waals surface area (Å²) in [5, 5.41) is 9.96. The molecule has 0 spiro atoms. The Balaban J connectivity index is 1.64. The van der Waals surface area contributed by atoms with Crippen LogP contribution in [0.25, 0.3) is 10.1 Å². The number of fused-ring (bicyclic) bond motifs is 1. The Bertz CT molecular complexity index is 1050. The topological polar surface area (TPSA) is 69.5 Å². The molecule has 1 aliphatic heterocycles. The summed E-state index contributed by atoms with van der Waals surface area (Å²) in [5.41, 5.74) is 0.648. The average molecular weight is 451 g/mol. The number of rotatable bonds is 7. The van der Waals surface area contributed by atoms with E-state index in [9.17, 15) is 9.18 Å². The second-order valence-corrected chi connectivity index (χ2v) is 8.65. The highest BCUT2D eigenvalue weighted by Gasteiger charge is 2.24. The standard InChI is InChI=1S/C20H23FN4O3S2/c1-3-25-19(24-8-10-27-11-9-24)22-23-20(25)29-12-13-16-14(21)6-5-7-15(16)30-17(13)18(26)28-4-2/h5-7H,3-4,8-12H2,1-2H3. The van der Waals surface area contributed by atoms with Crippen LogP contribution >= 0.6 is 23.1 Å². The third kappa shape index (κ3) is 4.03. The van der Waals surface area contributed by atoms with Gasteiger partial charge in [-0.25, -0.2) is 9.18 Å². The first-order chi connectivity index (χ1) is 14.6. The van der Waals surface area contributed by atoms with E-state index in [4.69, 9.17) is 9.47 Å². The SMILES string of the molecule is CCOC(=O)c1sc2cccc(F)c2c1CSc1nnc(N2CCOCC2)n1CC. The van der Waals surface area contributed by atoms with Crippen molar-refractivity contribution in [2.24, 2.45) is 0 Å². The van der Waals surface area contributed by atoms with Crippen LogP contribution in [0.1, 0.15) is 29.1 Å². The van der Waals surface area contributed by atoms with E-state index in [1.807, 2.05) is 17.6 Å². The quantitative estimate of drug-likeness (QED) is 0.399. The second-order valence-electron chi connectivity index (χ2n) is 6.66. The van der Waals surface area contributed by atoms with Gasteiger partial charge in [-0.3, -0.25) is 4.57 Å². The number of thioether (sulfide) groups is 1. The van der Waals surface area contributed by atoms with Crippen LogP contribution in [0.3, 0.4) is 0 Å². The van der Waals surface area contributed by atoms with Crippen molar-refractivity contribution in [3.63, 3.8) is 0 Å². The third-order valence-electron chi connectivity index (χ3n) is 4.88. The Morgan fingerprint density at radius 2 is 2.10 bits per heavy atom. The zero-order valence-corrected chi connectivity index (χ0v) is 18.5. The normalized spacial score (nSPS) is 14.4. The van der Waals surface area contributed by atoms with Crippen LogP contribution in [-0.4, -0.2) is 53.6 Å². The van der Waals surface area contributed by atoms with Gasteiger partial charge in [-0.1, -0.05) is 17.8 Å². The van der Waals surface area contributed by atoms with Crippen LogP contribution in [-0.2, 0) is 21.8 Å². The number of benzene rings is 1. The molecule has 10 heteroatoms. The minimum Gasteiger partial charge on any atom is -0.462 e. The lowest BCUT2D eigenvalue weighted by Crippen LogP contribution is -2.38. The Kier molecular flexibility index (Phi) is 6.55. The molecule has 7 nitrogen and oxygen atoms in total. The highest BCUT2D eigenvalue weighted by molar-refractivity contribution is 7.98. The lowest BCUT2D eigenvalue weighted by atomic mass is 10.1. The van der Waals surface area contributed by atoms with Crippen molar-refractivity contribution >= 4 is 45.1 Å². The first kappa shape index (κ1) is 21.1. The number of hydrogen-bond acceptors (Lipinski definition) is 8. The molecule has 4 rings (SSSR count). The number of halogens is 1. The molecule has 1 aromatic carbocycles. The second kappa shape index (κ2) is 9.32. The Morgan fingerprint density at radius 3 is 2.83 bits per heavy atom. The molecule has 1 saturated heterocycles. The fraction of sp³-hybridized carbons (Fsp3) is 0.450. The molecule has 3 heterocycles. The van der Waals surface area contributed by atoms with E-state index >= 15 is 0 Å². The molecule has 0 atom stereocenters. The van der Waals surface area contributed by atoms with E-state index in [-0.39, 0.29) is 12.4 Å². The van der Waals surface area contributed by atoms with Crippen LogP contribution in [0.15, 0.2) is 23.4 Å². The molecule has 1 aliphatic rings. The number of thiophene rings is 1. The maximum absolute atomic E-state index is 14.6. The van der Waals surface area contributed by atoms with Crippen LogP contribution in [0.4, 0.5) is 10.3 Å². The summed E-state index contributed by atoms with van der Waals surface area (Å²) in [6.07, 6.45) is 0. The van der Waals surface area contributed by atoms with Gasteiger partial charge in [0.15, 0.2) is 5.16 Å². The van der Waals surface area contributed by atoms with Crippen LogP contribution in [0, 0.1) is 5.82 Å². The number of aromatic nitrogens is 3. The highest BCUT2D eigenvalue weighted by Crippen LogP contribution is 2.37. The third-order valence-corrected chi connectivity index (χ3v) is 7.05. The van der Waals surface area contributed by atoms with Gasteiger partial charge in [0, 0.05) is 35.5 Å². The summed E-state index contributed by atoms with van der Waals surface area (Å²) in [6, 6.07) is 4.90. The van der Waals surface area contributed by atoms with Crippen molar-refractivity contribution in [1.82, 2.24) is 14.8 Å². The number of carbonyl (C=O) groups excluding carboxylic acids is 1. The molecule has 30 heavy (non-hydrogen) atoms. The first-order valence-electron chi connectivity index (χ1n) is 9.89. The van der Waals surface area contributed by atoms with Gasteiger partial charge >= 0.3 is 5.97 Å². The van der Waals surface area contributed by atoms with Crippen molar-refractivity contribution in [2.75, 3.05) is 37.8 Å². The summed E-state index contributed by atoms with van der Waals surface area (Å²) < 4.78 is 28.0. The Morgan fingerprint density at radius 1 is 1.30 bits per heavy atom. The largest absolute Gasteiger partial charge is 0.462 e. The van der Waals surface area contributed by atoms with Gasteiger partial charge < -0.3 is 14.4 Å². The number of nitrogens with zero attached hydrogens (tertiary/aromatic N) is 4. The maximum Gasteiger partial charge on any atom is 0.348 e. The van der Waals surface area contributed by atoms with Crippen molar-refractivity contribution in [1.29, 1.82) is 0 Å². The van der Waals surface area contributed by atoms with Gasteiger partial charge in [0.2, 0.25) is 5.95 Å². The van der Waals surface area contributed by atoms with Gasteiger partial charge in [0.1, 0.15) is 10.7 Å². The molecule has 0 radical (unpaired) electrons. The number of ether oxygens (including phenoxy) is 2. The summed E-state index contributed by atoms with van der Waals surface area (Å²) >= 11 is 2.72. The molecular formula is C20H23FN4O3S2. The molecule has 160 valence electrons. The van der Waals surface area contributed by atoms with Gasteiger partial charge in [-0.15, -0.1) is 21.5 Å². The van der Waals surface area contributed by atoms with Gasteiger partial charge in [-0.05, 0) is 31.5 Å². The van der Waals surface area contributed by atoms with Crippen LogP contribution < -0.4 is 4.90 Å². The fourth-order valence-electron chi connectivity index (χ4n) is 3.47. The number of morpholine rings is 1. The lowest BCUT2D eigenvalue weighted by molar-refractivity contribution is 0.0531. The highest BCUT2D eigenvalue weighted by atomic mass is 32.2. The predicted molar refractivity (Wildman–Crippen MR) is 116 cm³/mol. The monoisotopic (exact) mass is 450 g/mol. The Labute approximate surface area is 182 Å². The molecule has 0 aliphatic carbocycles. The number of hydrogen-bond donors (Lipinski definition) is 0. The lowest BCUT2D eigenvalue weighted by Gasteiger charge is -2.27. The van der Waals surface area contributed by atoms with Crippen molar-refractivity contribution in [3.05, 3.63) is 34.5 Å². The van der Waals surface area contributed by atoms with Crippen molar-refractivity contribution < 1.29 is 18.7 Å². The van der Waals surface area contributed by atoms with Crippen molar-refractivity contribution in [2.45, 2.75) is 31.3 Å². The fourth-order valence-corrected chi connectivity index (χ4v) is 5.71. The number of anilines is 1. The maximum atomic E-state index is 14.6. The van der Waals surface area contributed by atoms with E-state index in [1.54, 1.807) is 13.0 Å². The van der Waals surface area contributed by atoms with E-state index in [0.29, 0.717) is 41.3 Å². The summed E-state index contributed by atoms with van der Waals surface area (Å²) in [7, 11) is 0. The predicted octanol–water partition coefficient (Wildman–Crippen LogP) is 3.96. The van der Waals surface area contributed by atoms with Crippen molar-refractivity contribution in [3.8, 4) is 0 Å². The summed E-state index contributed by atoms with van der Waals surface area (Å²) in [6.45, 7) is 7.68. The molecule has 1 fully saturated rings. The van der Waals surface area contributed by atoms with Crippen LogP contribution in [0.5, 0.6) is 0 Å². The van der Waals surface area contributed by atoms with Crippen LogP contribution in [0.2, 0.25) is 0 Å². The van der Waals surface area contributed by atoms with E-state index in [1.165, 1.54) is 29.2 Å². The first-order valence-corrected chi connectivity index (χ1v) is 11.7. The molecule has 3 aromatic rings. The van der Waals surface area contributed by atoms with Gasteiger partial charge in [0.25, 0.3) is 0 Å². The van der Waals surface area contributed by atoms with Gasteiger partial charge in [0.05, 0.1) is 19.8 Å². The van der Waals surface area contributed by atoms with Gasteiger partial charge in [-0.2, -0.15) is 0 Å². The number of esters is 1. The van der Waals surface area contributed by atoms with E-state index in [2.05, 4.69) is 15.1 Å². The molecular weight excluding hydrogens is 427 g/mol. The summed E-state index contributed by atoms with van der Waals surface area (Å²) in [5.74, 6) is 0.465. The zero-order valence-electron chi connectivity index (χ0n) is 16.9. The summed E-state index contributed by atoms with van der Waals surface area (Å²) in [4.78, 5) is 15.1. The van der Waals surface area contributed by atoms with E-state index < -0.39 is 5.97 Å². The minimum absolute atomic E-state index is 0.273. The number of carbonyl (C=O) groups is 1. The average Bonchev–Trinajstić information content (AvgIpc) is 3.34. The molecule has 0 bridgehead atoms. The molecule has 0 N–H and O–H groups in total. The molecule has 0 unspecified atom stereocenters. The molecule has 0 saturated carbocycles. The zero-order chi connectivity index (χ0) is 21.1. The molecule has 0 amide bonds. The van der Waals surface area contributed by atoms with E-state index in [0.717, 1.165) is 28.9 Å².